The van der Waals surface area contributed by atoms with Crippen LogP contribution in [-0.2, 0) is 32.6 Å². The molecule has 0 radical (unpaired) electrons. The Morgan fingerprint density at radius 1 is 0.810 bits per heavy atom. The third-order valence-electron chi connectivity index (χ3n) is 7.06. The first-order valence-electron chi connectivity index (χ1n) is 13.5. The predicted octanol–water partition coefficient (Wildman–Crippen LogP) is 5.54. The molecule has 0 heterocycles. The molecule has 0 saturated carbocycles. The average molecular weight is 604 g/mol. The predicted molar refractivity (Wildman–Crippen MR) is 167 cm³/mol. The van der Waals surface area contributed by atoms with Crippen molar-refractivity contribution in [2.45, 2.75) is 37.8 Å². The Morgan fingerprint density at radius 3 is 2.05 bits per heavy atom. The molecule has 0 spiro atoms. The number of likely N-dealkylation sites (N-methyl/N-ethyl adjacent to an activating group) is 1. The Bertz CT molecular complexity index is 1630. The van der Waals surface area contributed by atoms with Gasteiger partial charge in [-0.1, -0.05) is 90.0 Å². The van der Waals surface area contributed by atoms with Crippen molar-refractivity contribution in [3.05, 3.63) is 130 Å². The zero-order valence-electron chi connectivity index (χ0n) is 23.8. The van der Waals surface area contributed by atoms with Gasteiger partial charge in [-0.25, -0.2) is 8.42 Å². The van der Waals surface area contributed by atoms with Gasteiger partial charge >= 0.3 is 0 Å². The summed E-state index contributed by atoms with van der Waals surface area (Å²) in [7, 11) is -2.66. The van der Waals surface area contributed by atoms with Gasteiger partial charge in [-0.15, -0.1) is 0 Å². The van der Waals surface area contributed by atoms with Crippen LogP contribution in [0.2, 0.25) is 5.02 Å². The Balaban J connectivity index is 1.79. The lowest BCUT2D eigenvalue weighted by Crippen LogP contribution is -2.53. The molecule has 42 heavy (non-hydrogen) atoms. The first kappa shape index (κ1) is 30.8. The van der Waals surface area contributed by atoms with Crippen LogP contribution in [0.1, 0.15) is 22.3 Å². The number of aryl methyl sites for hydroxylation is 2. The third kappa shape index (κ3) is 7.38. The zero-order chi connectivity index (χ0) is 30.3. The van der Waals surface area contributed by atoms with Gasteiger partial charge in [-0.2, -0.15) is 0 Å². The topological polar surface area (TPSA) is 86.8 Å². The summed E-state index contributed by atoms with van der Waals surface area (Å²) in [5, 5.41) is 3.09. The molecule has 1 N–H and O–H groups in total. The number of hydrogen-bond donors (Lipinski definition) is 1. The molecule has 0 aliphatic rings. The molecule has 0 bridgehead atoms. The second kappa shape index (κ2) is 13.7. The maximum Gasteiger partial charge on any atom is 0.264 e. The first-order chi connectivity index (χ1) is 20.1. The fourth-order valence-corrected chi connectivity index (χ4v) is 6.31. The minimum absolute atomic E-state index is 0.000162. The van der Waals surface area contributed by atoms with Gasteiger partial charge in [0.05, 0.1) is 10.6 Å². The van der Waals surface area contributed by atoms with E-state index in [2.05, 4.69) is 5.32 Å². The van der Waals surface area contributed by atoms with Gasteiger partial charge in [0.2, 0.25) is 11.8 Å². The molecule has 7 nitrogen and oxygen atoms in total. The zero-order valence-corrected chi connectivity index (χ0v) is 25.4. The molecule has 0 fully saturated rings. The molecule has 1 atom stereocenters. The molecular weight excluding hydrogens is 570 g/mol. The summed E-state index contributed by atoms with van der Waals surface area (Å²) >= 11 is 6.03. The van der Waals surface area contributed by atoms with Crippen LogP contribution in [0.25, 0.3) is 0 Å². The number of sulfonamides is 1. The van der Waals surface area contributed by atoms with Crippen LogP contribution in [-0.4, -0.2) is 44.8 Å². The number of halogens is 1. The van der Waals surface area contributed by atoms with E-state index in [0.717, 1.165) is 21.0 Å². The number of carbonyl (C=O) groups excluding carboxylic acids is 2. The standard InChI is InChI=1S/C33H34ClN3O4S/c1-24-13-15-27(16-14-24)22-36(31(33(39)35-3)21-26-10-5-4-6-11-26)32(38)23-37(30-12-8-7-9-25(30)2)42(40,41)29-19-17-28(34)18-20-29/h4-20,31H,21-23H2,1-3H3,(H,35,39)/t31-/m0/s1. The fourth-order valence-electron chi connectivity index (χ4n) is 4.70. The van der Waals surface area contributed by atoms with Crippen molar-refractivity contribution in [3.8, 4) is 0 Å². The van der Waals surface area contributed by atoms with Crippen LogP contribution in [0, 0.1) is 13.8 Å². The molecule has 0 saturated heterocycles. The van der Waals surface area contributed by atoms with Gasteiger partial charge in [-0.05, 0) is 60.9 Å². The molecule has 218 valence electrons. The van der Waals surface area contributed by atoms with E-state index in [9.17, 15) is 18.0 Å². The minimum atomic E-state index is -4.18. The molecule has 9 heteroatoms. The van der Waals surface area contributed by atoms with Gasteiger partial charge in [0.25, 0.3) is 10.0 Å². The number of anilines is 1. The Kier molecular flexibility index (Phi) is 10.0. The minimum Gasteiger partial charge on any atom is -0.357 e. The molecule has 4 aromatic carbocycles. The molecule has 0 aliphatic heterocycles. The quantitative estimate of drug-likeness (QED) is 0.244. The smallest absolute Gasteiger partial charge is 0.264 e. The van der Waals surface area contributed by atoms with E-state index in [1.165, 1.54) is 36.2 Å². The van der Waals surface area contributed by atoms with Crippen molar-refractivity contribution in [1.29, 1.82) is 0 Å². The molecule has 4 rings (SSSR count). The molecule has 0 aromatic heterocycles. The highest BCUT2D eigenvalue weighted by Gasteiger charge is 2.34. The third-order valence-corrected chi connectivity index (χ3v) is 9.08. The summed E-state index contributed by atoms with van der Waals surface area (Å²) in [5.74, 6) is -0.858. The number of amides is 2. The number of carbonyl (C=O) groups is 2. The molecule has 0 unspecified atom stereocenters. The van der Waals surface area contributed by atoms with E-state index in [1.807, 2.05) is 61.5 Å². The Hall–Kier alpha value is -4.14. The maximum atomic E-state index is 14.3. The lowest BCUT2D eigenvalue weighted by atomic mass is 10.0. The van der Waals surface area contributed by atoms with E-state index in [-0.39, 0.29) is 23.8 Å². The Labute approximate surface area is 252 Å². The highest BCUT2D eigenvalue weighted by atomic mass is 35.5. The molecular formula is C33H34ClN3O4S. The van der Waals surface area contributed by atoms with Crippen LogP contribution in [0.15, 0.2) is 108 Å². The van der Waals surface area contributed by atoms with Gasteiger partial charge in [0.15, 0.2) is 0 Å². The van der Waals surface area contributed by atoms with Crippen molar-refractivity contribution in [3.63, 3.8) is 0 Å². The fraction of sp³-hybridized carbons (Fsp3) is 0.212. The van der Waals surface area contributed by atoms with Crippen molar-refractivity contribution in [1.82, 2.24) is 10.2 Å². The highest BCUT2D eigenvalue weighted by molar-refractivity contribution is 7.92. The average Bonchev–Trinajstić information content (AvgIpc) is 2.99. The van der Waals surface area contributed by atoms with Crippen LogP contribution < -0.4 is 9.62 Å². The van der Waals surface area contributed by atoms with E-state index < -0.39 is 28.5 Å². The van der Waals surface area contributed by atoms with Crippen LogP contribution in [0.3, 0.4) is 0 Å². The summed E-state index contributed by atoms with van der Waals surface area (Å²) in [6, 6.07) is 29.1. The van der Waals surface area contributed by atoms with Gasteiger partial charge in [0, 0.05) is 25.0 Å². The number of nitrogens with zero attached hydrogens (tertiary/aromatic N) is 2. The number of para-hydroxylation sites is 1. The summed E-state index contributed by atoms with van der Waals surface area (Å²) in [4.78, 5) is 29.1. The SMILES string of the molecule is CNC(=O)[C@H](Cc1ccccc1)N(Cc1ccc(C)cc1)C(=O)CN(c1ccccc1C)S(=O)(=O)c1ccc(Cl)cc1. The van der Waals surface area contributed by atoms with Crippen LogP contribution in [0.4, 0.5) is 5.69 Å². The normalized spacial score (nSPS) is 11.9. The van der Waals surface area contributed by atoms with Crippen LogP contribution in [0.5, 0.6) is 0 Å². The lowest BCUT2D eigenvalue weighted by molar-refractivity contribution is -0.139. The monoisotopic (exact) mass is 603 g/mol. The maximum absolute atomic E-state index is 14.3. The van der Waals surface area contributed by atoms with E-state index >= 15 is 0 Å². The summed E-state index contributed by atoms with van der Waals surface area (Å²) < 4.78 is 29.2. The van der Waals surface area contributed by atoms with E-state index in [0.29, 0.717) is 16.3 Å². The highest BCUT2D eigenvalue weighted by Crippen LogP contribution is 2.28. The largest absolute Gasteiger partial charge is 0.357 e. The summed E-state index contributed by atoms with van der Waals surface area (Å²) in [6.45, 7) is 3.37. The van der Waals surface area contributed by atoms with Crippen LogP contribution >= 0.6 is 11.6 Å². The Morgan fingerprint density at radius 2 is 1.43 bits per heavy atom. The van der Waals surface area contributed by atoms with Crippen molar-refractivity contribution < 1.29 is 18.0 Å². The van der Waals surface area contributed by atoms with Gasteiger partial charge < -0.3 is 10.2 Å². The lowest BCUT2D eigenvalue weighted by Gasteiger charge is -2.34. The number of hydrogen-bond acceptors (Lipinski definition) is 4. The van der Waals surface area contributed by atoms with E-state index in [4.69, 9.17) is 11.6 Å². The number of nitrogens with one attached hydrogen (secondary N) is 1. The van der Waals surface area contributed by atoms with Gasteiger partial charge in [0.1, 0.15) is 12.6 Å². The second-order valence-electron chi connectivity index (χ2n) is 10.1. The molecule has 2 amide bonds. The summed E-state index contributed by atoms with van der Waals surface area (Å²) in [6.07, 6.45) is 0.256. The van der Waals surface area contributed by atoms with Crippen molar-refractivity contribution in [2.75, 3.05) is 17.9 Å². The van der Waals surface area contributed by atoms with Crippen molar-refractivity contribution in [2.24, 2.45) is 0 Å². The number of benzene rings is 4. The molecule has 0 aliphatic carbocycles. The van der Waals surface area contributed by atoms with Gasteiger partial charge in [-0.3, -0.25) is 13.9 Å². The first-order valence-corrected chi connectivity index (χ1v) is 15.4. The van der Waals surface area contributed by atoms with Crippen molar-refractivity contribution >= 4 is 39.1 Å². The van der Waals surface area contributed by atoms with E-state index in [1.54, 1.807) is 31.2 Å². The number of rotatable bonds is 11. The molecule has 4 aromatic rings. The summed E-state index contributed by atoms with van der Waals surface area (Å²) in [5.41, 5.74) is 3.80. The second-order valence-corrected chi connectivity index (χ2v) is 12.4.